The molecule has 4 aliphatic carbocycles. The van der Waals surface area contributed by atoms with Gasteiger partial charge in [0.05, 0.1) is 0 Å². The van der Waals surface area contributed by atoms with Gasteiger partial charge in [0.1, 0.15) is 0 Å². The molecule has 0 spiro atoms. The molecule has 4 saturated carbocycles. The lowest BCUT2D eigenvalue weighted by Gasteiger charge is -2.55. The lowest BCUT2D eigenvalue weighted by molar-refractivity contribution is -0.0416. The molecule has 1 N–H and O–H groups in total. The predicted molar refractivity (Wildman–Crippen MR) is 74.1 cm³/mol. The maximum absolute atomic E-state index is 3.83. The van der Waals surface area contributed by atoms with E-state index < -0.39 is 0 Å². The number of nitrogens with one attached hydrogen (secondary N) is 1. The van der Waals surface area contributed by atoms with Crippen molar-refractivity contribution >= 4 is 12.4 Å². The Bertz CT molecular complexity index is 225. The second-order valence-electron chi connectivity index (χ2n) is 6.26. The van der Waals surface area contributed by atoms with E-state index in [2.05, 4.69) is 24.3 Å². The molecular formula is C14H27ClN2. The lowest BCUT2D eigenvalue weighted by atomic mass is 9.54. The summed E-state index contributed by atoms with van der Waals surface area (Å²) < 4.78 is 0. The SMILES string of the molecule is CCN(CC)NC1C2CC3CC(C2)CC1C3.Cl. The highest BCUT2D eigenvalue weighted by molar-refractivity contribution is 5.85. The molecule has 0 aromatic carbocycles. The van der Waals surface area contributed by atoms with Gasteiger partial charge in [0, 0.05) is 19.1 Å². The van der Waals surface area contributed by atoms with Gasteiger partial charge in [-0.05, 0) is 55.8 Å². The summed E-state index contributed by atoms with van der Waals surface area (Å²) in [5.41, 5.74) is 3.83. The van der Waals surface area contributed by atoms with Gasteiger partial charge in [0.2, 0.25) is 0 Å². The maximum atomic E-state index is 3.83. The van der Waals surface area contributed by atoms with Crippen molar-refractivity contribution < 1.29 is 0 Å². The first kappa shape index (κ1) is 13.6. The number of nitrogens with zero attached hydrogens (tertiary/aromatic N) is 1. The fraction of sp³-hybridized carbons (Fsp3) is 1.00. The smallest absolute Gasteiger partial charge is 0.0272 e. The minimum Gasteiger partial charge on any atom is -0.252 e. The van der Waals surface area contributed by atoms with Crippen LogP contribution in [0.2, 0.25) is 0 Å². The average Bonchev–Trinajstić information content (AvgIpc) is 2.28. The first-order valence-electron chi connectivity index (χ1n) is 7.31. The zero-order chi connectivity index (χ0) is 11.1. The van der Waals surface area contributed by atoms with E-state index in [-0.39, 0.29) is 12.4 Å². The predicted octanol–water partition coefficient (Wildman–Crippen LogP) is 3.08. The standard InChI is InChI=1S/C14H26N2.ClH/c1-3-16(4-2)15-14-12-6-10-5-11(8-12)9-13(14)7-10;/h10-15H,3-9H2,1-2H3;1H. The maximum Gasteiger partial charge on any atom is 0.0272 e. The Kier molecular flexibility index (Phi) is 4.38. The molecule has 4 rings (SSSR count). The summed E-state index contributed by atoms with van der Waals surface area (Å²) >= 11 is 0. The number of rotatable bonds is 4. The van der Waals surface area contributed by atoms with Gasteiger partial charge in [0.25, 0.3) is 0 Å². The molecule has 17 heavy (non-hydrogen) atoms. The fourth-order valence-corrected chi connectivity index (χ4v) is 4.75. The monoisotopic (exact) mass is 258 g/mol. The van der Waals surface area contributed by atoms with Crippen LogP contribution in [0.3, 0.4) is 0 Å². The topological polar surface area (TPSA) is 15.3 Å². The molecule has 100 valence electrons. The van der Waals surface area contributed by atoms with Crippen LogP contribution in [-0.2, 0) is 0 Å². The Morgan fingerprint density at radius 3 is 1.76 bits per heavy atom. The van der Waals surface area contributed by atoms with Crippen LogP contribution in [0.4, 0.5) is 0 Å². The van der Waals surface area contributed by atoms with Gasteiger partial charge < -0.3 is 0 Å². The highest BCUT2D eigenvalue weighted by atomic mass is 35.5. The van der Waals surface area contributed by atoms with E-state index in [0.29, 0.717) is 0 Å². The first-order chi connectivity index (χ1) is 7.80. The molecule has 0 atom stereocenters. The van der Waals surface area contributed by atoms with Gasteiger partial charge in [-0.25, -0.2) is 5.01 Å². The molecule has 2 nitrogen and oxygen atoms in total. The molecule has 0 unspecified atom stereocenters. The summed E-state index contributed by atoms with van der Waals surface area (Å²) in [6.45, 7) is 6.79. The average molecular weight is 259 g/mol. The third-order valence-electron chi connectivity index (χ3n) is 5.32. The summed E-state index contributed by atoms with van der Waals surface area (Å²) in [6.07, 6.45) is 7.64. The van der Waals surface area contributed by atoms with E-state index in [4.69, 9.17) is 0 Å². The van der Waals surface area contributed by atoms with Gasteiger partial charge in [-0.15, -0.1) is 12.4 Å². The third kappa shape index (κ3) is 2.50. The zero-order valence-electron chi connectivity index (χ0n) is 11.2. The van der Waals surface area contributed by atoms with Gasteiger partial charge in [-0.2, -0.15) is 0 Å². The second kappa shape index (κ2) is 5.46. The van der Waals surface area contributed by atoms with Gasteiger partial charge in [-0.1, -0.05) is 13.8 Å². The second-order valence-corrected chi connectivity index (χ2v) is 6.26. The molecule has 0 aromatic heterocycles. The van der Waals surface area contributed by atoms with Crippen molar-refractivity contribution in [2.45, 2.75) is 52.0 Å². The van der Waals surface area contributed by atoms with Crippen LogP contribution >= 0.6 is 12.4 Å². The van der Waals surface area contributed by atoms with Crippen molar-refractivity contribution in [3.05, 3.63) is 0 Å². The Morgan fingerprint density at radius 2 is 1.35 bits per heavy atom. The van der Waals surface area contributed by atoms with Gasteiger partial charge in [-0.3, -0.25) is 5.43 Å². The summed E-state index contributed by atoms with van der Waals surface area (Å²) in [5.74, 6) is 4.18. The molecule has 3 heteroatoms. The number of hydrogen-bond donors (Lipinski definition) is 1. The fourth-order valence-electron chi connectivity index (χ4n) is 4.75. The third-order valence-corrected chi connectivity index (χ3v) is 5.32. The largest absolute Gasteiger partial charge is 0.252 e. The highest BCUT2D eigenvalue weighted by Gasteiger charge is 2.48. The number of hydrogen-bond acceptors (Lipinski definition) is 2. The summed E-state index contributed by atoms with van der Waals surface area (Å²) in [7, 11) is 0. The van der Waals surface area contributed by atoms with Crippen LogP contribution in [-0.4, -0.2) is 24.1 Å². The van der Waals surface area contributed by atoms with Crippen molar-refractivity contribution in [2.24, 2.45) is 23.7 Å². The Morgan fingerprint density at radius 1 is 0.882 bits per heavy atom. The van der Waals surface area contributed by atoms with Crippen LogP contribution in [0.25, 0.3) is 0 Å². The van der Waals surface area contributed by atoms with Crippen LogP contribution in [0.1, 0.15) is 46.0 Å². The van der Waals surface area contributed by atoms with E-state index in [1.54, 1.807) is 6.42 Å². The van der Waals surface area contributed by atoms with Crippen molar-refractivity contribution in [3.63, 3.8) is 0 Å². The van der Waals surface area contributed by atoms with E-state index >= 15 is 0 Å². The Balaban J connectivity index is 0.00000108. The molecule has 0 aliphatic heterocycles. The van der Waals surface area contributed by atoms with Crippen LogP contribution in [0.15, 0.2) is 0 Å². The van der Waals surface area contributed by atoms with Crippen LogP contribution < -0.4 is 5.43 Å². The van der Waals surface area contributed by atoms with E-state index in [1.165, 1.54) is 25.7 Å². The van der Waals surface area contributed by atoms with E-state index in [0.717, 1.165) is 42.8 Å². The van der Waals surface area contributed by atoms with Crippen molar-refractivity contribution in [2.75, 3.05) is 13.1 Å². The Hall–Kier alpha value is 0.210. The molecule has 0 heterocycles. The summed E-state index contributed by atoms with van der Waals surface area (Å²) in [5, 5.41) is 2.41. The van der Waals surface area contributed by atoms with Crippen molar-refractivity contribution in [1.29, 1.82) is 0 Å². The molecule has 0 amide bonds. The lowest BCUT2D eigenvalue weighted by Crippen LogP contribution is -2.58. The molecule has 0 saturated heterocycles. The van der Waals surface area contributed by atoms with Crippen molar-refractivity contribution in [1.82, 2.24) is 10.4 Å². The molecule has 4 bridgehead atoms. The minimum absolute atomic E-state index is 0. The summed E-state index contributed by atoms with van der Waals surface area (Å²) in [4.78, 5) is 0. The van der Waals surface area contributed by atoms with E-state index in [1.807, 2.05) is 0 Å². The van der Waals surface area contributed by atoms with E-state index in [9.17, 15) is 0 Å². The molecule has 0 aromatic rings. The first-order valence-corrected chi connectivity index (χ1v) is 7.31. The Labute approximate surface area is 112 Å². The molecule has 0 radical (unpaired) electrons. The van der Waals surface area contributed by atoms with Crippen LogP contribution in [0, 0.1) is 23.7 Å². The molecule has 4 aliphatic rings. The quantitative estimate of drug-likeness (QED) is 0.780. The normalized spacial score (nSPS) is 42.9. The molecular weight excluding hydrogens is 232 g/mol. The number of halogens is 1. The molecule has 4 fully saturated rings. The van der Waals surface area contributed by atoms with Gasteiger partial charge in [0.15, 0.2) is 0 Å². The van der Waals surface area contributed by atoms with Gasteiger partial charge >= 0.3 is 0 Å². The highest BCUT2D eigenvalue weighted by Crippen LogP contribution is 2.53. The minimum atomic E-state index is 0. The summed E-state index contributed by atoms with van der Waals surface area (Å²) in [6, 6.07) is 0.813. The number of hydrazine groups is 1. The zero-order valence-corrected chi connectivity index (χ0v) is 12.0. The van der Waals surface area contributed by atoms with Crippen molar-refractivity contribution in [3.8, 4) is 0 Å². The van der Waals surface area contributed by atoms with Crippen LogP contribution in [0.5, 0.6) is 0 Å².